The van der Waals surface area contributed by atoms with E-state index >= 15 is 0 Å². The Morgan fingerprint density at radius 2 is 2.44 bits per heavy atom. The second-order valence-corrected chi connectivity index (χ2v) is 5.92. The number of hydrogen-bond acceptors (Lipinski definition) is 4. The molecule has 0 saturated heterocycles. The van der Waals surface area contributed by atoms with Gasteiger partial charge in [0.2, 0.25) is 0 Å². The number of aliphatic hydroxyl groups is 1. The van der Waals surface area contributed by atoms with Crippen LogP contribution in [0.15, 0.2) is 16.3 Å². The van der Waals surface area contributed by atoms with E-state index in [9.17, 15) is 4.79 Å². The largest absolute Gasteiger partial charge is 0.396 e. The maximum Gasteiger partial charge on any atom is 0.262 e. The summed E-state index contributed by atoms with van der Waals surface area (Å²) in [5, 5.41) is 14.0. The highest BCUT2D eigenvalue weighted by molar-refractivity contribution is 7.98. The predicted octanol–water partition coefficient (Wildman–Crippen LogP) is 1.97. The molecule has 3 nitrogen and oxygen atoms in total. The van der Waals surface area contributed by atoms with Gasteiger partial charge in [0, 0.05) is 16.9 Å². The van der Waals surface area contributed by atoms with Crippen molar-refractivity contribution in [2.45, 2.75) is 17.7 Å². The van der Waals surface area contributed by atoms with Crippen molar-refractivity contribution in [2.24, 2.45) is 5.41 Å². The van der Waals surface area contributed by atoms with Crippen molar-refractivity contribution in [3.63, 3.8) is 0 Å². The van der Waals surface area contributed by atoms with Gasteiger partial charge in [0.05, 0.1) is 6.61 Å². The first-order valence-corrected chi connectivity index (χ1v) is 7.32. The van der Waals surface area contributed by atoms with E-state index in [1.807, 2.05) is 17.7 Å². The molecule has 1 heterocycles. The summed E-state index contributed by atoms with van der Waals surface area (Å²) in [5.41, 5.74) is -0.0214. The number of carbonyl (C=O) groups excluding carboxylic acids is 1. The van der Waals surface area contributed by atoms with Crippen molar-refractivity contribution >= 4 is 29.0 Å². The number of nitrogens with one attached hydrogen (secondary N) is 1. The van der Waals surface area contributed by atoms with Gasteiger partial charge < -0.3 is 10.4 Å². The molecule has 5 heteroatoms. The van der Waals surface area contributed by atoms with Crippen LogP contribution < -0.4 is 5.32 Å². The summed E-state index contributed by atoms with van der Waals surface area (Å²) in [5.74, 6) is -0.0147. The lowest BCUT2D eigenvalue weighted by Crippen LogP contribution is -2.31. The molecule has 0 aliphatic heterocycles. The molecule has 0 atom stereocenters. The molecule has 1 fully saturated rings. The first kappa shape index (κ1) is 12.0. The molecule has 1 aromatic rings. The Morgan fingerprint density at radius 3 is 3.00 bits per heavy atom. The summed E-state index contributed by atoms with van der Waals surface area (Å²) in [4.78, 5) is 13.7. The molecule has 1 aliphatic carbocycles. The van der Waals surface area contributed by atoms with Gasteiger partial charge in [-0.3, -0.25) is 4.79 Å². The number of aliphatic hydroxyl groups excluding tert-OH is 1. The van der Waals surface area contributed by atoms with Crippen molar-refractivity contribution in [3.8, 4) is 0 Å². The van der Waals surface area contributed by atoms with Crippen molar-refractivity contribution in [2.75, 3.05) is 19.4 Å². The van der Waals surface area contributed by atoms with Crippen molar-refractivity contribution in [3.05, 3.63) is 16.3 Å². The third-order valence-corrected chi connectivity index (χ3v) is 4.79. The van der Waals surface area contributed by atoms with Gasteiger partial charge in [0.1, 0.15) is 4.88 Å². The number of thioether (sulfide) groups is 1. The molecule has 0 bridgehead atoms. The Kier molecular flexibility index (Phi) is 3.56. The van der Waals surface area contributed by atoms with Crippen LogP contribution in [0, 0.1) is 5.41 Å². The molecule has 0 aromatic carbocycles. The van der Waals surface area contributed by atoms with E-state index in [2.05, 4.69) is 5.32 Å². The zero-order valence-corrected chi connectivity index (χ0v) is 10.8. The average Bonchev–Trinajstić information content (AvgIpc) is 2.94. The molecule has 1 aliphatic rings. The van der Waals surface area contributed by atoms with Crippen LogP contribution in [0.5, 0.6) is 0 Å². The zero-order valence-electron chi connectivity index (χ0n) is 9.16. The highest BCUT2D eigenvalue weighted by Gasteiger charge is 2.42. The molecule has 88 valence electrons. The maximum atomic E-state index is 11.9. The lowest BCUT2D eigenvalue weighted by molar-refractivity contribution is 0.0936. The van der Waals surface area contributed by atoms with Crippen LogP contribution in [0.4, 0.5) is 0 Å². The van der Waals surface area contributed by atoms with Crippen molar-refractivity contribution in [1.29, 1.82) is 0 Å². The standard InChI is InChI=1S/C11H15NO2S2/c1-15-8-2-5-16-9(8)10(14)12-6-11(7-13)3-4-11/h2,5,13H,3-4,6-7H2,1H3,(H,12,14). The van der Waals surface area contributed by atoms with Crippen LogP contribution in [0.2, 0.25) is 0 Å². The highest BCUT2D eigenvalue weighted by atomic mass is 32.2. The van der Waals surface area contributed by atoms with Crippen LogP contribution in [0.25, 0.3) is 0 Å². The summed E-state index contributed by atoms with van der Waals surface area (Å²) >= 11 is 3.05. The van der Waals surface area contributed by atoms with Crippen molar-refractivity contribution < 1.29 is 9.90 Å². The predicted molar refractivity (Wildman–Crippen MR) is 67.2 cm³/mol. The molecule has 0 unspecified atom stereocenters. The summed E-state index contributed by atoms with van der Waals surface area (Å²) in [6.07, 6.45) is 4.00. The Hall–Kier alpha value is -0.520. The quantitative estimate of drug-likeness (QED) is 0.793. The van der Waals surface area contributed by atoms with Gasteiger partial charge in [0.25, 0.3) is 5.91 Å². The van der Waals surface area contributed by atoms with E-state index in [4.69, 9.17) is 5.11 Å². The number of carbonyl (C=O) groups is 1. The van der Waals surface area contributed by atoms with Gasteiger partial charge in [-0.1, -0.05) is 0 Å². The van der Waals surface area contributed by atoms with Crippen molar-refractivity contribution in [1.82, 2.24) is 5.32 Å². The molecule has 2 N–H and O–H groups in total. The van der Waals surface area contributed by atoms with Gasteiger partial charge in [-0.2, -0.15) is 0 Å². The van der Waals surface area contributed by atoms with Crippen LogP contribution in [-0.4, -0.2) is 30.4 Å². The summed E-state index contributed by atoms with van der Waals surface area (Å²) < 4.78 is 0. The minimum atomic E-state index is -0.0214. The lowest BCUT2D eigenvalue weighted by atomic mass is 10.1. The average molecular weight is 257 g/mol. The summed E-state index contributed by atoms with van der Waals surface area (Å²) in [7, 11) is 0. The Bertz CT molecular complexity index is 385. The lowest BCUT2D eigenvalue weighted by Gasteiger charge is -2.12. The monoisotopic (exact) mass is 257 g/mol. The van der Waals surface area contributed by atoms with E-state index in [0.717, 1.165) is 22.6 Å². The third kappa shape index (κ3) is 2.42. The van der Waals surface area contributed by atoms with Gasteiger partial charge in [-0.05, 0) is 30.5 Å². The number of hydrogen-bond donors (Lipinski definition) is 2. The molecule has 0 spiro atoms. The van der Waals surface area contributed by atoms with Crippen LogP contribution in [0.3, 0.4) is 0 Å². The molecular weight excluding hydrogens is 242 g/mol. The van der Waals surface area contributed by atoms with E-state index in [1.54, 1.807) is 11.8 Å². The molecular formula is C11H15NO2S2. The van der Waals surface area contributed by atoms with Gasteiger partial charge in [-0.25, -0.2) is 0 Å². The first-order valence-electron chi connectivity index (χ1n) is 5.21. The number of rotatable bonds is 5. The Balaban J connectivity index is 1.93. The van der Waals surface area contributed by atoms with E-state index in [-0.39, 0.29) is 17.9 Å². The number of amides is 1. The smallest absolute Gasteiger partial charge is 0.262 e. The molecule has 16 heavy (non-hydrogen) atoms. The fourth-order valence-electron chi connectivity index (χ4n) is 1.54. The second-order valence-electron chi connectivity index (χ2n) is 4.16. The third-order valence-electron chi connectivity index (χ3n) is 2.97. The topological polar surface area (TPSA) is 49.3 Å². The van der Waals surface area contributed by atoms with Crippen LogP contribution >= 0.6 is 23.1 Å². The molecule has 1 amide bonds. The first-order chi connectivity index (χ1) is 7.71. The second kappa shape index (κ2) is 4.77. The fourth-order valence-corrected chi connectivity index (χ4v) is 3.21. The van der Waals surface area contributed by atoms with E-state index in [1.165, 1.54) is 11.3 Å². The molecule has 1 saturated carbocycles. The minimum absolute atomic E-state index is 0.0147. The molecule has 2 rings (SSSR count). The van der Waals surface area contributed by atoms with Gasteiger partial charge in [0.15, 0.2) is 0 Å². The van der Waals surface area contributed by atoms with Crippen LogP contribution in [-0.2, 0) is 0 Å². The van der Waals surface area contributed by atoms with Gasteiger partial charge in [-0.15, -0.1) is 23.1 Å². The molecule has 0 radical (unpaired) electrons. The Morgan fingerprint density at radius 1 is 1.69 bits per heavy atom. The minimum Gasteiger partial charge on any atom is -0.396 e. The van der Waals surface area contributed by atoms with Crippen LogP contribution in [0.1, 0.15) is 22.5 Å². The summed E-state index contributed by atoms with van der Waals surface area (Å²) in [6.45, 7) is 0.765. The van der Waals surface area contributed by atoms with Gasteiger partial charge >= 0.3 is 0 Å². The van der Waals surface area contributed by atoms with E-state index < -0.39 is 0 Å². The maximum absolute atomic E-state index is 11.9. The Labute approximate surface area is 103 Å². The highest BCUT2D eigenvalue weighted by Crippen LogP contribution is 2.44. The fraction of sp³-hybridized carbons (Fsp3) is 0.545. The SMILES string of the molecule is CSc1ccsc1C(=O)NCC1(CO)CC1. The zero-order chi connectivity index (χ0) is 11.6. The summed E-state index contributed by atoms with van der Waals surface area (Å²) in [6, 6.07) is 1.96. The van der Waals surface area contributed by atoms with E-state index in [0.29, 0.717) is 6.54 Å². The number of thiophene rings is 1. The normalized spacial score (nSPS) is 17.1. The molecule has 1 aromatic heterocycles.